The summed E-state index contributed by atoms with van der Waals surface area (Å²) in [5.41, 5.74) is 1.16. The van der Waals surface area contributed by atoms with E-state index in [0.29, 0.717) is 6.54 Å². The highest BCUT2D eigenvalue weighted by atomic mass is 35.5. The Balaban J connectivity index is 2.63. The van der Waals surface area contributed by atoms with Crippen LogP contribution in [0.4, 0.5) is 0 Å². The summed E-state index contributed by atoms with van der Waals surface area (Å²) in [6.45, 7) is 6.59. The number of halogens is 1. The van der Waals surface area contributed by atoms with Crippen LogP contribution in [-0.4, -0.2) is 42.8 Å². The topological polar surface area (TPSA) is 35.5 Å². The standard InChI is InChI=1S/C16H27ClN2O/c1-4-10-18-16(9-11-19(3)12-13(2)20)14-7-5-6-8-15(14)17/h5-8,13,16,18,20H,4,9-12H2,1-3H3. The van der Waals surface area contributed by atoms with Crippen molar-refractivity contribution in [1.82, 2.24) is 10.2 Å². The molecule has 0 fully saturated rings. The molecule has 0 aromatic heterocycles. The smallest absolute Gasteiger partial charge is 0.0638 e. The predicted molar refractivity (Wildman–Crippen MR) is 86.3 cm³/mol. The molecule has 0 aliphatic heterocycles. The van der Waals surface area contributed by atoms with Gasteiger partial charge in [-0.2, -0.15) is 0 Å². The Labute approximate surface area is 127 Å². The fourth-order valence-electron chi connectivity index (χ4n) is 2.34. The van der Waals surface area contributed by atoms with Crippen LogP contribution in [0.1, 0.15) is 38.3 Å². The zero-order chi connectivity index (χ0) is 15.0. The zero-order valence-corrected chi connectivity index (χ0v) is 13.5. The molecule has 2 unspecified atom stereocenters. The Morgan fingerprint density at radius 2 is 2.05 bits per heavy atom. The third kappa shape index (κ3) is 6.23. The number of likely N-dealkylation sites (N-methyl/N-ethyl adjacent to an activating group) is 1. The Morgan fingerprint density at radius 3 is 2.65 bits per heavy atom. The third-order valence-corrected chi connectivity index (χ3v) is 3.64. The van der Waals surface area contributed by atoms with E-state index in [4.69, 9.17) is 11.6 Å². The molecule has 1 aromatic rings. The van der Waals surface area contributed by atoms with Gasteiger partial charge in [0.1, 0.15) is 0 Å². The third-order valence-electron chi connectivity index (χ3n) is 3.30. The molecule has 4 heteroatoms. The summed E-state index contributed by atoms with van der Waals surface area (Å²) in [5, 5.41) is 13.8. The van der Waals surface area contributed by atoms with E-state index in [0.717, 1.165) is 36.5 Å². The summed E-state index contributed by atoms with van der Waals surface area (Å²) >= 11 is 6.30. The van der Waals surface area contributed by atoms with Crippen LogP contribution in [0.25, 0.3) is 0 Å². The van der Waals surface area contributed by atoms with Gasteiger partial charge in [-0.05, 0) is 51.5 Å². The lowest BCUT2D eigenvalue weighted by molar-refractivity contribution is 0.139. The van der Waals surface area contributed by atoms with Gasteiger partial charge in [0.25, 0.3) is 0 Å². The Bertz CT molecular complexity index is 384. The lowest BCUT2D eigenvalue weighted by Crippen LogP contribution is -2.31. The number of nitrogens with one attached hydrogen (secondary N) is 1. The second kappa shape index (κ2) is 9.35. The Hall–Kier alpha value is -0.610. The van der Waals surface area contributed by atoms with Crippen molar-refractivity contribution in [2.45, 2.75) is 38.8 Å². The summed E-state index contributed by atoms with van der Waals surface area (Å²) in [5.74, 6) is 0. The number of aliphatic hydroxyl groups excluding tert-OH is 1. The molecule has 0 heterocycles. The van der Waals surface area contributed by atoms with Crippen LogP contribution in [0.5, 0.6) is 0 Å². The van der Waals surface area contributed by atoms with Crippen molar-refractivity contribution < 1.29 is 5.11 Å². The van der Waals surface area contributed by atoms with Crippen molar-refractivity contribution in [1.29, 1.82) is 0 Å². The SMILES string of the molecule is CCCNC(CCN(C)CC(C)O)c1ccccc1Cl. The van der Waals surface area contributed by atoms with Crippen molar-refractivity contribution in [3.05, 3.63) is 34.9 Å². The van der Waals surface area contributed by atoms with E-state index in [1.807, 2.05) is 32.2 Å². The molecule has 2 atom stereocenters. The average Bonchev–Trinajstić information content (AvgIpc) is 2.39. The number of hydrogen-bond donors (Lipinski definition) is 2. The molecule has 1 rings (SSSR count). The number of nitrogens with zero attached hydrogens (tertiary/aromatic N) is 1. The molecule has 1 aromatic carbocycles. The van der Waals surface area contributed by atoms with Crippen LogP contribution in [0.2, 0.25) is 5.02 Å². The van der Waals surface area contributed by atoms with E-state index >= 15 is 0 Å². The molecular formula is C16H27ClN2O. The van der Waals surface area contributed by atoms with Crippen molar-refractivity contribution in [3.63, 3.8) is 0 Å². The molecule has 3 nitrogen and oxygen atoms in total. The predicted octanol–water partition coefficient (Wildman–Crippen LogP) is 3.08. The lowest BCUT2D eigenvalue weighted by atomic mass is 10.0. The van der Waals surface area contributed by atoms with Crippen LogP contribution >= 0.6 is 11.6 Å². The Morgan fingerprint density at radius 1 is 1.35 bits per heavy atom. The maximum Gasteiger partial charge on any atom is 0.0638 e. The molecule has 0 bridgehead atoms. The molecule has 0 aliphatic carbocycles. The van der Waals surface area contributed by atoms with E-state index in [2.05, 4.69) is 23.2 Å². The maximum absolute atomic E-state index is 9.41. The molecule has 0 radical (unpaired) electrons. The van der Waals surface area contributed by atoms with Crippen molar-refractivity contribution in [2.24, 2.45) is 0 Å². The molecule has 0 saturated heterocycles. The number of hydrogen-bond acceptors (Lipinski definition) is 3. The molecule has 0 spiro atoms. The number of rotatable bonds is 9. The van der Waals surface area contributed by atoms with Crippen LogP contribution in [0.15, 0.2) is 24.3 Å². The average molecular weight is 299 g/mol. The first-order valence-electron chi connectivity index (χ1n) is 7.39. The van der Waals surface area contributed by atoms with Gasteiger partial charge in [-0.15, -0.1) is 0 Å². The van der Waals surface area contributed by atoms with E-state index in [-0.39, 0.29) is 12.1 Å². The second-order valence-electron chi connectivity index (χ2n) is 5.43. The molecule has 2 N–H and O–H groups in total. The van der Waals surface area contributed by atoms with Gasteiger partial charge in [-0.3, -0.25) is 0 Å². The molecule has 0 saturated carbocycles. The van der Waals surface area contributed by atoms with Crippen LogP contribution in [-0.2, 0) is 0 Å². The van der Waals surface area contributed by atoms with Gasteiger partial charge < -0.3 is 15.3 Å². The quantitative estimate of drug-likeness (QED) is 0.735. The summed E-state index contributed by atoms with van der Waals surface area (Å²) in [6.07, 6.45) is 1.79. The fraction of sp³-hybridized carbons (Fsp3) is 0.625. The van der Waals surface area contributed by atoms with E-state index in [1.54, 1.807) is 0 Å². The van der Waals surface area contributed by atoms with Gasteiger partial charge in [0.05, 0.1) is 6.10 Å². The zero-order valence-electron chi connectivity index (χ0n) is 12.8. The summed E-state index contributed by atoms with van der Waals surface area (Å²) in [7, 11) is 2.04. The first-order valence-corrected chi connectivity index (χ1v) is 7.76. The normalized spacial score (nSPS) is 14.5. The van der Waals surface area contributed by atoms with Gasteiger partial charge in [-0.1, -0.05) is 36.7 Å². The summed E-state index contributed by atoms with van der Waals surface area (Å²) in [4.78, 5) is 2.15. The van der Waals surface area contributed by atoms with Crippen molar-refractivity contribution >= 4 is 11.6 Å². The molecule has 20 heavy (non-hydrogen) atoms. The minimum absolute atomic E-state index is 0.264. The second-order valence-corrected chi connectivity index (χ2v) is 5.84. The van der Waals surface area contributed by atoms with Gasteiger partial charge in [-0.25, -0.2) is 0 Å². The van der Waals surface area contributed by atoms with Crippen LogP contribution in [0.3, 0.4) is 0 Å². The van der Waals surface area contributed by atoms with Crippen LogP contribution in [0, 0.1) is 0 Å². The largest absolute Gasteiger partial charge is 0.392 e. The van der Waals surface area contributed by atoms with Crippen molar-refractivity contribution in [3.8, 4) is 0 Å². The first kappa shape index (κ1) is 17.4. The lowest BCUT2D eigenvalue weighted by Gasteiger charge is -2.24. The fourth-order valence-corrected chi connectivity index (χ4v) is 2.60. The van der Waals surface area contributed by atoms with Gasteiger partial charge in [0, 0.05) is 17.6 Å². The van der Waals surface area contributed by atoms with Crippen LogP contribution < -0.4 is 5.32 Å². The first-order chi connectivity index (χ1) is 9.54. The number of benzene rings is 1. The molecular weight excluding hydrogens is 272 g/mol. The van der Waals surface area contributed by atoms with E-state index < -0.39 is 0 Å². The van der Waals surface area contributed by atoms with Gasteiger partial charge >= 0.3 is 0 Å². The maximum atomic E-state index is 9.41. The highest BCUT2D eigenvalue weighted by Crippen LogP contribution is 2.25. The number of aliphatic hydroxyl groups is 1. The van der Waals surface area contributed by atoms with Crippen molar-refractivity contribution in [2.75, 3.05) is 26.7 Å². The molecule has 0 amide bonds. The van der Waals surface area contributed by atoms with Gasteiger partial charge in [0.15, 0.2) is 0 Å². The monoisotopic (exact) mass is 298 g/mol. The Kier molecular flexibility index (Phi) is 8.15. The summed E-state index contributed by atoms with van der Waals surface area (Å²) < 4.78 is 0. The summed E-state index contributed by atoms with van der Waals surface area (Å²) in [6, 6.07) is 8.28. The van der Waals surface area contributed by atoms with E-state index in [9.17, 15) is 5.11 Å². The highest BCUT2D eigenvalue weighted by molar-refractivity contribution is 6.31. The molecule has 114 valence electrons. The van der Waals surface area contributed by atoms with E-state index in [1.165, 1.54) is 0 Å². The minimum atomic E-state index is -0.289. The highest BCUT2D eigenvalue weighted by Gasteiger charge is 2.14. The molecule has 0 aliphatic rings. The minimum Gasteiger partial charge on any atom is -0.392 e. The van der Waals surface area contributed by atoms with Gasteiger partial charge in [0.2, 0.25) is 0 Å².